The van der Waals surface area contributed by atoms with E-state index in [9.17, 15) is 4.79 Å². The number of likely N-dealkylation sites (N-methyl/N-ethyl adjacent to an activating group) is 1. The van der Waals surface area contributed by atoms with E-state index in [2.05, 4.69) is 5.32 Å². The van der Waals surface area contributed by atoms with Crippen LogP contribution in [0.3, 0.4) is 0 Å². The standard InChI is InChI=1S/C22H30N4O3/c1-25(2)21(27)15-24-22(23-14-17-10-12-19(28-4)13-11-17)26(3)16-18-8-6-7-9-20(18)29-5/h6-13H,14-16H2,1-5H3,(H,23,24). The van der Waals surface area contributed by atoms with Crippen molar-refractivity contribution >= 4 is 11.9 Å². The second-order valence-electron chi connectivity index (χ2n) is 6.80. The highest BCUT2D eigenvalue weighted by molar-refractivity contribution is 5.86. The van der Waals surface area contributed by atoms with Gasteiger partial charge in [0.15, 0.2) is 5.96 Å². The van der Waals surface area contributed by atoms with Gasteiger partial charge >= 0.3 is 0 Å². The summed E-state index contributed by atoms with van der Waals surface area (Å²) in [7, 11) is 8.70. The van der Waals surface area contributed by atoms with Gasteiger partial charge in [-0.05, 0) is 23.8 Å². The second-order valence-corrected chi connectivity index (χ2v) is 6.80. The van der Waals surface area contributed by atoms with Crippen molar-refractivity contribution in [1.29, 1.82) is 0 Å². The number of methoxy groups -OCH3 is 2. The summed E-state index contributed by atoms with van der Waals surface area (Å²) in [6.07, 6.45) is 0. The Bertz CT molecular complexity index is 819. The Labute approximate surface area is 172 Å². The third-order valence-electron chi connectivity index (χ3n) is 4.43. The third kappa shape index (κ3) is 6.71. The summed E-state index contributed by atoms with van der Waals surface area (Å²) < 4.78 is 10.6. The molecule has 156 valence electrons. The number of hydrogen-bond donors (Lipinski definition) is 1. The molecule has 2 rings (SSSR count). The maximum Gasteiger partial charge on any atom is 0.241 e. The van der Waals surface area contributed by atoms with Crippen LogP contribution < -0.4 is 14.8 Å². The Balaban J connectivity index is 2.16. The molecule has 1 N–H and O–H groups in total. The molecule has 0 aliphatic rings. The molecule has 7 heteroatoms. The van der Waals surface area contributed by atoms with E-state index in [0.29, 0.717) is 19.0 Å². The summed E-state index contributed by atoms with van der Waals surface area (Å²) in [5.41, 5.74) is 2.09. The van der Waals surface area contributed by atoms with Gasteiger partial charge in [0.2, 0.25) is 5.91 Å². The fourth-order valence-electron chi connectivity index (χ4n) is 2.69. The van der Waals surface area contributed by atoms with Gasteiger partial charge in [0.1, 0.15) is 11.5 Å². The number of aliphatic imine (C=N–C) groups is 1. The Hall–Kier alpha value is -3.22. The van der Waals surface area contributed by atoms with Gasteiger partial charge in [0, 0.05) is 33.3 Å². The predicted molar refractivity (Wildman–Crippen MR) is 115 cm³/mol. The minimum atomic E-state index is -0.0205. The van der Waals surface area contributed by atoms with E-state index in [4.69, 9.17) is 14.5 Å². The summed E-state index contributed by atoms with van der Waals surface area (Å²) in [5, 5.41) is 3.17. The number of nitrogens with zero attached hydrogens (tertiary/aromatic N) is 3. The smallest absolute Gasteiger partial charge is 0.241 e. The zero-order valence-electron chi connectivity index (χ0n) is 17.8. The molecule has 0 aliphatic carbocycles. The molecule has 2 aromatic rings. The number of amides is 1. The maximum absolute atomic E-state index is 12.0. The van der Waals surface area contributed by atoms with Crippen molar-refractivity contribution < 1.29 is 14.3 Å². The molecule has 1 amide bonds. The lowest BCUT2D eigenvalue weighted by Gasteiger charge is -2.24. The molecule has 0 bridgehead atoms. The lowest BCUT2D eigenvalue weighted by molar-refractivity contribution is -0.127. The van der Waals surface area contributed by atoms with Crippen LogP contribution in [0.2, 0.25) is 0 Å². The molecule has 2 aromatic carbocycles. The first-order valence-electron chi connectivity index (χ1n) is 9.39. The summed E-state index contributed by atoms with van der Waals surface area (Å²) in [6, 6.07) is 15.6. The van der Waals surface area contributed by atoms with Crippen molar-refractivity contribution in [3.63, 3.8) is 0 Å². The van der Waals surface area contributed by atoms with Gasteiger partial charge in [-0.1, -0.05) is 30.3 Å². The lowest BCUT2D eigenvalue weighted by Crippen LogP contribution is -2.43. The van der Waals surface area contributed by atoms with Crippen LogP contribution in [-0.4, -0.2) is 63.6 Å². The average Bonchev–Trinajstić information content (AvgIpc) is 2.74. The van der Waals surface area contributed by atoms with Gasteiger partial charge in [-0.2, -0.15) is 0 Å². The van der Waals surface area contributed by atoms with E-state index >= 15 is 0 Å². The van der Waals surface area contributed by atoms with E-state index in [1.54, 1.807) is 33.2 Å². The van der Waals surface area contributed by atoms with Gasteiger partial charge in [-0.25, -0.2) is 4.99 Å². The Morgan fingerprint density at radius 1 is 1.00 bits per heavy atom. The monoisotopic (exact) mass is 398 g/mol. The molecule has 29 heavy (non-hydrogen) atoms. The molecule has 0 spiro atoms. The normalized spacial score (nSPS) is 11.0. The quantitative estimate of drug-likeness (QED) is 0.546. The number of guanidine groups is 1. The number of carbonyl (C=O) groups excluding carboxylic acids is 1. The first-order valence-corrected chi connectivity index (χ1v) is 9.39. The Morgan fingerprint density at radius 2 is 1.69 bits per heavy atom. The number of hydrogen-bond acceptors (Lipinski definition) is 4. The van der Waals surface area contributed by atoms with Gasteiger partial charge in [0.25, 0.3) is 0 Å². The number of carbonyl (C=O) groups is 1. The van der Waals surface area contributed by atoms with Crippen LogP contribution in [0.15, 0.2) is 53.5 Å². The van der Waals surface area contributed by atoms with Crippen LogP contribution in [0.5, 0.6) is 11.5 Å². The molecule has 0 heterocycles. The number of rotatable bonds is 8. The second kappa shape index (κ2) is 10.9. The van der Waals surface area contributed by atoms with Crippen LogP contribution in [0.1, 0.15) is 11.1 Å². The van der Waals surface area contributed by atoms with Crippen molar-refractivity contribution in [2.45, 2.75) is 13.1 Å². The first kappa shape index (κ1) is 22.1. The molecule has 0 fully saturated rings. The fraction of sp³-hybridized carbons (Fsp3) is 0.364. The van der Waals surface area contributed by atoms with Crippen molar-refractivity contribution in [3.05, 3.63) is 59.7 Å². The van der Waals surface area contributed by atoms with Gasteiger partial charge in [-0.15, -0.1) is 0 Å². The zero-order valence-corrected chi connectivity index (χ0v) is 17.8. The Kier molecular flexibility index (Phi) is 8.33. The van der Waals surface area contributed by atoms with E-state index in [0.717, 1.165) is 22.6 Å². The summed E-state index contributed by atoms with van der Waals surface area (Å²) in [5.74, 6) is 2.24. The highest BCUT2D eigenvalue weighted by Gasteiger charge is 2.12. The van der Waals surface area contributed by atoms with E-state index < -0.39 is 0 Å². The van der Waals surface area contributed by atoms with E-state index in [1.807, 2.05) is 60.5 Å². The topological polar surface area (TPSA) is 66.4 Å². The summed E-state index contributed by atoms with van der Waals surface area (Å²) in [4.78, 5) is 20.3. The highest BCUT2D eigenvalue weighted by atomic mass is 16.5. The lowest BCUT2D eigenvalue weighted by atomic mass is 10.2. The molecule has 0 unspecified atom stereocenters. The number of benzene rings is 2. The SMILES string of the molecule is COc1ccc(CN=C(NCC(=O)N(C)C)N(C)Cc2ccccc2OC)cc1. The van der Waals surface area contributed by atoms with E-state index in [1.165, 1.54) is 0 Å². The predicted octanol–water partition coefficient (Wildman–Crippen LogP) is 2.37. The largest absolute Gasteiger partial charge is 0.497 e. The molecule has 0 radical (unpaired) electrons. The van der Waals surface area contributed by atoms with Crippen molar-refractivity contribution in [2.24, 2.45) is 4.99 Å². The van der Waals surface area contributed by atoms with Crippen molar-refractivity contribution in [3.8, 4) is 11.5 Å². The van der Waals surface area contributed by atoms with Crippen LogP contribution in [-0.2, 0) is 17.9 Å². The minimum Gasteiger partial charge on any atom is -0.497 e. The molecule has 0 aromatic heterocycles. The number of ether oxygens (including phenoxy) is 2. The number of para-hydroxylation sites is 1. The van der Waals surface area contributed by atoms with Crippen LogP contribution in [0.25, 0.3) is 0 Å². The van der Waals surface area contributed by atoms with Gasteiger partial charge < -0.3 is 24.6 Å². The van der Waals surface area contributed by atoms with Crippen LogP contribution >= 0.6 is 0 Å². The number of nitrogens with one attached hydrogen (secondary N) is 1. The van der Waals surface area contributed by atoms with Crippen LogP contribution in [0, 0.1) is 0 Å². The zero-order chi connectivity index (χ0) is 21.2. The van der Waals surface area contributed by atoms with E-state index in [-0.39, 0.29) is 12.5 Å². The molecule has 0 aliphatic heterocycles. The third-order valence-corrected chi connectivity index (χ3v) is 4.43. The van der Waals surface area contributed by atoms with Gasteiger partial charge in [-0.3, -0.25) is 4.79 Å². The maximum atomic E-state index is 12.0. The van der Waals surface area contributed by atoms with Crippen molar-refractivity contribution in [1.82, 2.24) is 15.1 Å². The van der Waals surface area contributed by atoms with Gasteiger partial charge in [0.05, 0.1) is 27.3 Å². The summed E-state index contributed by atoms with van der Waals surface area (Å²) >= 11 is 0. The minimum absolute atomic E-state index is 0.0205. The Morgan fingerprint density at radius 3 is 2.31 bits per heavy atom. The average molecular weight is 399 g/mol. The first-order chi connectivity index (χ1) is 13.9. The molecular weight excluding hydrogens is 368 g/mol. The highest BCUT2D eigenvalue weighted by Crippen LogP contribution is 2.19. The molecular formula is C22H30N4O3. The molecule has 0 atom stereocenters. The molecule has 7 nitrogen and oxygen atoms in total. The van der Waals surface area contributed by atoms with Crippen molar-refractivity contribution in [2.75, 3.05) is 41.9 Å². The molecule has 0 saturated heterocycles. The fourth-order valence-corrected chi connectivity index (χ4v) is 2.69. The summed E-state index contributed by atoms with van der Waals surface area (Å²) in [6.45, 7) is 1.25. The molecule has 0 saturated carbocycles. The van der Waals surface area contributed by atoms with Crippen LogP contribution in [0.4, 0.5) is 0 Å².